The van der Waals surface area contributed by atoms with E-state index in [1.807, 2.05) is 31.4 Å². The molecule has 1 aliphatic rings. The Morgan fingerprint density at radius 1 is 1.17 bits per heavy atom. The molecular formula is C17H15N5O. The number of oxime groups is 1. The lowest BCUT2D eigenvalue weighted by atomic mass is 10.00. The van der Waals surface area contributed by atoms with E-state index >= 15 is 0 Å². The van der Waals surface area contributed by atoms with Gasteiger partial charge in [-0.25, -0.2) is 9.97 Å². The van der Waals surface area contributed by atoms with Crippen LogP contribution in [0, 0.1) is 0 Å². The van der Waals surface area contributed by atoms with E-state index in [1.165, 1.54) is 11.9 Å². The molecule has 0 radical (unpaired) electrons. The smallest absolute Gasteiger partial charge is 0.119 e. The van der Waals surface area contributed by atoms with E-state index in [4.69, 9.17) is 5.21 Å². The molecule has 0 amide bonds. The van der Waals surface area contributed by atoms with E-state index < -0.39 is 0 Å². The van der Waals surface area contributed by atoms with Crippen LogP contribution in [-0.4, -0.2) is 30.7 Å². The summed E-state index contributed by atoms with van der Waals surface area (Å²) in [5, 5.41) is 17.0. The molecular weight excluding hydrogens is 290 g/mol. The average molecular weight is 305 g/mol. The quantitative estimate of drug-likeness (QED) is 0.583. The molecule has 0 bridgehead atoms. The van der Waals surface area contributed by atoms with Gasteiger partial charge in [0.05, 0.1) is 11.4 Å². The number of aromatic nitrogens is 4. The number of aryl methyl sites for hydroxylation is 2. The van der Waals surface area contributed by atoms with E-state index in [-0.39, 0.29) is 0 Å². The van der Waals surface area contributed by atoms with Crippen LogP contribution in [0.4, 0.5) is 0 Å². The zero-order chi connectivity index (χ0) is 15.8. The summed E-state index contributed by atoms with van der Waals surface area (Å²) in [5.41, 5.74) is 6.75. The highest BCUT2D eigenvalue weighted by Gasteiger charge is 2.20. The maximum absolute atomic E-state index is 9.06. The van der Waals surface area contributed by atoms with Crippen LogP contribution in [0.25, 0.3) is 22.5 Å². The Hall–Kier alpha value is -3.02. The number of fused-ring (bicyclic) bond motifs is 1. The second-order valence-corrected chi connectivity index (χ2v) is 5.58. The van der Waals surface area contributed by atoms with E-state index in [0.717, 1.165) is 46.6 Å². The molecule has 0 saturated carbocycles. The van der Waals surface area contributed by atoms with E-state index in [2.05, 4.69) is 26.3 Å². The molecule has 114 valence electrons. The molecule has 2 heterocycles. The molecule has 0 aliphatic heterocycles. The van der Waals surface area contributed by atoms with Gasteiger partial charge in [0, 0.05) is 30.6 Å². The second-order valence-electron chi connectivity index (χ2n) is 5.58. The Kier molecular flexibility index (Phi) is 3.15. The van der Waals surface area contributed by atoms with Crippen LogP contribution in [0.3, 0.4) is 0 Å². The predicted octanol–water partition coefficient (Wildman–Crippen LogP) is 2.67. The number of benzene rings is 1. The highest BCUT2D eigenvalue weighted by atomic mass is 16.4. The SMILES string of the molecule is Cn1cc(-c2ccc3c(c2)CC/C3=N\O)c(-c2ccncn2)n1. The van der Waals surface area contributed by atoms with Crippen molar-refractivity contribution in [3.8, 4) is 22.5 Å². The maximum atomic E-state index is 9.06. The lowest BCUT2D eigenvalue weighted by Crippen LogP contribution is -1.94. The van der Waals surface area contributed by atoms with Gasteiger partial charge >= 0.3 is 0 Å². The number of rotatable bonds is 2. The van der Waals surface area contributed by atoms with Gasteiger partial charge in [-0.3, -0.25) is 4.68 Å². The Labute approximate surface area is 133 Å². The number of nitrogens with zero attached hydrogens (tertiary/aromatic N) is 5. The Morgan fingerprint density at radius 2 is 2.09 bits per heavy atom. The summed E-state index contributed by atoms with van der Waals surface area (Å²) in [6.45, 7) is 0. The second kappa shape index (κ2) is 5.31. The lowest BCUT2D eigenvalue weighted by Gasteiger charge is -2.05. The average Bonchev–Trinajstić information content (AvgIpc) is 3.18. The van der Waals surface area contributed by atoms with Crippen LogP contribution in [0.1, 0.15) is 17.5 Å². The summed E-state index contributed by atoms with van der Waals surface area (Å²) < 4.78 is 1.79. The standard InChI is InChI=1S/C17H15N5O/c1-22-9-14(17(20-22)16-6-7-18-10-19-16)12-2-4-13-11(8-12)3-5-15(13)21-23/h2,4,6-10,23H,3,5H2,1H3/b21-15+. The topological polar surface area (TPSA) is 76.2 Å². The van der Waals surface area contributed by atoms with Crippen LogP contribution < -0.4 is 0 Å². The third kappa shape index (κ3) is 2.28. The van der Waals surface area contributed by atoms with Gasteiger partial charge in [-0.2, -0.15) is 5.10 Å². The highest BCUT2D eigenvalue weighted by Crippen LogP contribution is 2.33. The first-order valence-electron chi connectivity index (χ1n) is 7.41. The zero-order valence-electron chi connectivity index (χ0n) is 12.6. The fourth-order valence-corrected chi connectivity index (χ4v) is 3.06. The molecule has 1 aromatic carbocycles. The van der Waals surface area contributed by atoms with Crippen molar-refractivity contribution in [3.05, 3.63) is 54.1 Å². The van der Waals surface area contributed by atoms with Crippen LogP contribution in [0.15, 0.2) is 48.1 Å². The molecule has 6 nitrogen and oxygen atoms in total. The summed E-state index contributed by atoms with van der Waals surface area (Å²) in [4.78, 5) is 8.27. The lowest BCUT2D eigenvalue weighted by molar-refractivity contribution is 0.318. The van der Waals surface area contributed by atoms with Gasteiger partial charge in [-0.1, -0.05) is 23.4 Å². The molecule has 0 spiro atoms. The molecule has 4 rings (SSSR count). The van der Waals surface area contributed by atoms with Gasteiger partial charge in [-0.05, 0) is 30.0 Å². The van der Waals surface area contributed by atoms with Crippen LogP contribution >= 0.6 is 0 Å². The zero-order valence-corrected chi connectivity index (χ0v) is 12.6. The highest BCUT2D eigenvalue weighted by molar-refractivity contribution is 6.04. The molecule has 23 heavy (non-hydrogen) atoms. The van der Waals surface area contributed by atoms with Crippen molar-refractivity contribution in [2.45, 2.75) is 12.8 Å². The fraction of sp³-hybridized carbons (Fsp3) is 0.176. The molecule has 0 unspecified atom stereocenters. The van der Waals surface area contributed by atoms with Gasteiger partial charge in [0.2, 0.25) is 0 Å². The van der Waals surface area contributed by atoms with Crippen molar-refractivity contribution in [2.24, 2.45) is 12.2 Å². The van der Waals surface area contributed by atoms with Crippen molar-refractivity contribution in [1.29, 1.82) is 0 Å². The monoisotopic (exact) mass is 305 g/mol. The van der Waals surface area contributed by atoms with Gasteiger partial charge in [-0.15, -0.1) is 0 Å². The van der Waals surface area contributed by atoms with Crippen LogP contribution in [0.5, 0.6) is 0 Å². The molecule has 3 aromatic rings. The van der Waals surface area contributed by atoms with Crippen molar-refractivity contribution in [2.75, 3.05) is 0 Å². The van der Waals surface area contributed by atoms with Crippen molar-refractivity contribution in [1.82, 2.24) is 19.7 Å². The van der Waals surface area contributed by atoms with E-state index in [0.29, 0.717) is 0 Å². The summed E-state index contributed by atoms with van der Waals surface area (Å²) >= 11 is 0. The van der Waals surface area contributed by atoms with Gasteiger partial charge in [0.25, 0.3) is 0 Å². The minimum absolute atomic E-state index is 0.758. The minimum Gasteiger partial charge on any atom is -0.411 e. The molecule has 6 heteroatoms. The first-order chi connectivity index (χ1) is 11.3. The normalized spacial score (nSPS) is 15.1. The molecule has 0 saturated heterocycles. The van der Waals surface area contributed by atoms with Gasteiger partial charge in [0.15, 0.2) is 0 Å². The molecule has 2 aromatic heterocycles. The maximum Gasteiger partial charge on any atom is 0.119 e. The van der Waals surface area contributed by atoms with Crippen molar-refractivity contribution in [3.63, 3.8) is 0 Å². The predicted molar refractivity (Wildman–Crippen MR) is 86.3 cm³/mol. The van der Waals surface area contributed by atoms with Crippen LogP contribution in [-0.2, 0) is 13.5 Å². The summed E-state index contributed by atoms with van der Waals surface area (Å²) in [5.74, 6) is 0. The third-order valence-electron chi connectivity index (χ3n) is 4.13. The Bertz CT molecular complexity index is 899. The van der Waals surface area contributed by atoms with E-state index in [1.54, 1.807) is 10.9 Å². The van der Waals surface area contributed by atoms with Gasteiger partial charge in [0.1, 0.15) is 12.0 Å². The van der Waals surface area contributed by atoms with E-state index in [9.17, 15) is 0 Å². The Morgan fingerprint density at radius 3 is 2.87 bits per heavy atom. The van der Waals surface area contributed by atoms with Crippen molar-refractivity contribution < 1.29 is 5.21 Å². The minimum atomic E-state index is 0.758. The number of hydrogen-bond donors (Lipinski definition) is 1. The molecule has 0 atom stereocenters. The fourth-order valence-electron chi connectivity index (χ4n) is 3.06. The Balaban J connectivity index is 1.84. The third-order valence-corrected chi connectivity index (χ3v) is 4.13. The molecule has 0 fully saturated rings. The first-order valence-corrected chi connectivity index (χ1v) is 7.41. The number of hydrogen-bond acceptors (Lipinski definition) is 5. The summed E-state index contributed by atoms with van der Waals surface area (Å²) in [6.07, 6.45) is 6.91. The van der Waals surface area contributed by atoms with Gasteiger partial charge < -0.3 is 5.21 Å². The summed E-state index contributed by atoms with van der Waals surface area (Å²) in [7, 11) is 1.90. The largest absolute Gasteiger partial charge is 0.411 e. The molecule has 1 N–H and O–H groups in total. The summed E-state index contributed by atoms with van der Waals surface area (Å²) in [6, 6.07) is 8.06. The van der Waals surface area contributed by atoms with Crippen molar-refractivity contribution >= 4 is 5.71 Å². The van der Waals surface area contributed by atoms with Crippen LogP contribution in [0.2, 0.25) is 0 Å². The first kappa shape index (κ1) is 13.6. The molecule has 1 aliphatic carbocycles.